The summed E-state index contributed by atoms with van der Waals surface area (Å²) < 4.78 is 10.2. The summed E-state index contributed by atoms with van der Waals surface area (Å²) in [6.45, 7) is 4.15. The van der Waals surface area contributed by atoms with Gasteiger partial charge in [-0.3, -0.25) is 0 Å². The van der Waals surface area contributed by atoms with Crippen molar-refractivity contribution in [3.63, 3.8) is 0 Å². The Hall–Kier alpha value is -0.820. The molecule has 0 radical (unpaired) electrons. The van der Waals surface area contributed by atoms with Crippen molar-refractivity contribution in [1.82, 2.24) is 0 Å². The highest BCUT2D eigenvalue weighted by Crippen LogP contribution is 2.15. The lowest BCUT2D eigenvalue weighted by Gasteiger charge is -2.19. The predicted molar refractivity (Wildman–Crippen MR) is 60.2 cm³/mol. The van der Waals surface area contributed by atoms with E-state index in [2.05, 4.69) is 5.92 Å². The highest BCUT2D eigenvalue weighted by Gasteiger charge is 2.16. The molecule has 0 aromatic heterocycles. The van der Waals surface area contributed by atoms with E-state index in [1.165, 1.54) is 0 Å². The van der Waals surface area contributed by atoms with Gasteiger partial charge in [-0.05, 0) is 13.3 Å². The molecule has 0 aliphatic carbocycles. The second kappa shape index (κ2) is 8.49. The van der Waals surface area contributed by atoms with Crippen LogP contribution in [0.4, 0.5) is 0 Å². The molecular weight excluding hydrogens is 192 g/mol. The van der Waals surface area contributed by atoms with E-state index in [-0.39, 0.29) is 25.4 Å². The van der Waals surface area contributed by atoms with Gasteiger partial charge in [-0.15, -0.1) is 6.42 Å². The van der Waals surface area contributed by atoms with Crippen molar-refractivity contribution in [3.05, 3.63) is 11.6 Å². The molecule has 0 unspecified atom stereocenters. The van der Waals surface area contributed by atoms with Crippen LogP contribution in [0.3, 0.4) is 0 Å². The average Bonchev–Trinajstić information content (AvgIpc) is 2.27. The quantitative estimate of drug-likeness (QED) is 0.395. The van der Waals surface area contributed by atoms with Gasteiger partial charge in [0.2, 0.25) is 0 Å². The highest BCUT2D eigenvalue weighted by atomic mass is 16.7. The Balaban J connectivity index is 4.41. The van der Waals surface area contributed by atoms with Crippen LogP contribution in [0.2, 0.25) is 0 Å². The van der Waals surface area contributed by atoms with Crippen molar-refractivity contribution < 1.29 is 14.6 Å². The standard InChI is InChI=1S/C12H20O3/c1-5-11(7-10(3)8-13)12(6-2)15-9-14-4/h2,7,11-13H,5,8-9H2,1,3-4H3/b10-7+/t11-,12-/m0/s1. The van der Waals surface area contributed by atoms with Crippen LogP contribution < -0.4 is 0 Å². The fourth-order valence-electron chi connectivity index (χ4n) is 1.27. The van der Waals surface area contributed by atoms with Crippen LogP contribution >= 0.6 is 0 Å². The van der Waals surface area contributed by atoms with Crippen LogP contribution in [0.5, 0.6) is 0 Å². The molecule has 2 atom stereocenters. The molecule has 0 amide bonds. The molecule has 0 spiro atoms. The molecule has 1 N–H and O–H groups in total. The zero-order valence-corrected chi connectivity index (χ0v) is 9.69. The van der Waals surface area contributed by atoms with Gasteiger partial charge in [0.05, 0.1) is 6.61 Å². The molecule has 0 saturated heterocycles. The number of aliphatic hydroxyl groups is 1. The third-order valence-corrected chi connectivity index (χ3v) is 2.14. The van der Waals surface area contributed by atoms with E-state index in [0.717, 1.165) is 12.0 Å². The van der Waals surface area contributed by atoms with Crippen molar-refractivity contribution in [2.75, 3.05) is 20.5 Å². The summed E-state index contributed by atoms with van der Waals surface area (Å²) in [5.74, 6) is 2.71. The molecule has 0 aromatic rings. The summed E-state index contributed by atoms with van der Waals surface area (Å²) in [6, 6.07) is 0. The van der Waals surface area contributed by atoms with Crippen LogP contribution in [0.1, 0.15) is 20.3 Å². The predicted octanol–water partition coefficient (Wildman–Crippen LogP) is 1.57. The SMILES string of the molecule is C#C[C@H](OCOC)[C@H](/C=C(\C)CO)CC. The van der Waals surface area contributed by atoms with Crippen LogP contribution in [0, 0.1) is 18.3 Å². The fraction of sp³-hybridized carbons (Fsp3) is 0.667. The Labute approximate surface area is 92.1 Å². The highest BCUT2D eigenvalue weighted by molar-refractivity contribution is 5.09. The van der Waals surface area contributed by atoms with Crippen molar-refractivity contribution in [3.8, 4) is 12.3 Å². The molecule has 0 aliphatic rings. The minimum atomic E-state index is -0.295. The van der Waals surface area contributed by atoms with Crippen molar-refractivity contribution in [2.24, 2.45) is 5.92 Å². The maximum absolute atomic E-state index is 8.92. The molecule has 86 valence electrons. The molecule has 15 heavy (non-hydrogen) atoms. The average molecular weight is 212 g/mol. The third-order valence-electron chi connectivity index (χ3n) is 2.14. The number of rotatable bonds is 7. The first-order valence-electron chi connectivity index (χ1n) is 5.04. The number of hydrogen-bond donors (Lipinski definition) is 1. The van der Waals surface area contributed by atoms with E-state index in [9.17, 15) is 0 Å². The summed E-state index contributed by atoms with van der Waals surface area (Å²) >= 11 is 0. The lowest BCUT2D eigenvalue weighted by molar-refractivity contribution is -0.0641. The molecule has 0 rings (SSSR count). The molecule has 3 nitrogen and oxygen atoms in total. The lowest BCUT2D eigenvalue weighted by atomic mass is 9.97. The normalized spacial score (nSPS) is 15.8. The summed E-state index contributed by atoms with van der Waals surface area (Å²) in [6.07, 6.45) is 7.92. The lowest BCUT2D eigenvalue weighted by Crippen LogP contribution is -2.22. The molecule has 0 saturated carbocycles. The summed E-state index contributed by atoms with van der Waals surface area (Å²) in [4.78, 5) is 0. The van der Waals surface area contributed by atoms with Gasteiger partial charge in [0.25, 0.3) is 0 Å². The van der Waals surface area contributed by atoms with E-state index in [4.69, 9.17) is 21.0 Å². The first-order valence-corrected chi connectivity index (χ1v) is 5.04. The first kappa shape index (κ1) is 14.2. The molecule has 0 aliphatic heterocycles. The van der Waals surface area contributed by atoms with Crippen molar-refractivity contribution in [1.29, 1.82) is 0 Å². The van der Waals surface area contributed by atoms with Gasteiger partial charge >= 0.3 is 0 Å². The fourth-order valence-corrected chi connectivity index (χ4v) is 1.27. The summed E-state index contributed by atoms with van der Waals surface area (Å²) in [5, 5.41) is 8.92. The van der Waals surface area contributed by atoms with Crippen molar-refractivity contribution in [2.45, 2.75) is 26.4 Å². The van der Waals surface area contributed by atoms with Gasteiger partial charge in [0, 0.05) is 13.0 Å². The van der Waals surface area contributed by atoms with E-state index in [1.807, 2.05) is 19.9 Å². The van der Waals surface area contributed by atoms with Gasteiger partial charge in [0.15, 0.2) is 0 Å². The minimum Gasteiger partial charge on any atom is -0.392 e. The number of ether oxygens (including phenoxy) is 2. The largest absolute Gasteiger partial charge is 0.392 e. The van der Waals surface area contributed by atoms with Gasteiger partial charge in [-0.2, -0.15) is 0 Å². The van der Waals surface area contributed by atoms with Crippen LogP contribution in [-0.2, 0) is 9.47 Å². The van der Waals surface area contributed by atoms with Crippen molar-refractivity contribution >= 4 is 0 Å². The Kier molecular flexibility index (Phi) is 8.02. The molecular formula is C12H20O3. The second-order valence-electron chi connectivity index (χ2n) is 3.40. The topological polar surface area (TPSA) is 38.7 Å². The minimum absolute atomic E-state index is 0.0536. The molecule has 0 bridgehead atoms. The zero-order valence-electron chi connectivity index (χ0n) is 9.69. The number of aliphatic hydroxyl groups excluding tert-OH is 1. The maximum Gasteiger partial charge on any atom is 0.148 e. The van der Waals surface area contributed by atoms with Crippen LogP contribution in [0.25, 0.3) is 0 Å². The van der Waals surface area contributed by atoms with E-state index in [1.54, 1.807) is 7.11 Å². The smallest absolute Gasteiger partial charge is 0.148 e. The Morgan fingerprint density at radius 3 is 2.67 bits per heavy atom. The Morgan fingerprint density at radius 1 is 1.60 bits per heavy atom. The van der Waals surface area contributed by atoms with Crippen LogP contribution in [-0.4, -0.2) is 31.7 Å². The first-order chi connectivity index (χ1) is 7.19. The van der Waals surface area contributed by atoms with E-state index >= 15 is 0 Å². The number of methoxy groups -OCH3 is 1. The van der Waals surface area contributed by atoms with E-state index < -0.39 is 0 Å². The Morgan fingerprint density at radius 2 is 2.27 bits per heavy atom. The molecule has 0 fully saturated rings. The van der Waals surface area contributed by atoms with Gasteiger partial charge in [-0.1, -0.05) is 24.5 Å². The number of terminal acetylenes is 1. The summed E-state index contributed by atoms with van der Waals surface area (Å²) in [7, 11) is 1.56. The monoisotopic (exact) mass is 212 g/mol. The zero-order chi connectivity index (χ0) is 11.7. The van der Waals surface area contributed by atoms with Crippen LogP contribution in [0.15, 0.2) is 11.6 Å². The Bertz CT molecular complexity index is 228. The molecule has 0 aromatic carbocycles. The molecule has 0 heterocycles. The van der Waals surface area contributed by atoms with Gasteiger partial charge in [-0.25, -0.2) is 0 Å². The number of hydrogen-bond acceptors (Lipinski definition) is 3. The van der Waals surface area contributed by atoms with E-state index in [0.29, 0.717) is 0 Å². The maximum atomic E-state index is 8.92. The second-order valence-corrected chi connectivity index (χ2v) is 3.40. The molecule has 3 heteroatoms. The third kappa shape index (κ3) is 5.58. The summed E-state index contributed by atoms with van der Waals surface area (Å²) in [5.41, 5.74) is 0.906. The van der Waals surface area contributed by atoms with Gasteiger partial charge < -0.3 is 14.6 Å². The van der Waals surface area contributed by atoms with Gasteiger partial charge in [0.1, 0.15) is 12.9 Å².